The average molecular weight is 211 g/mol. The number of rotatable bonds is 1. The first-order chi connectivity index (χ1) is 4.22. The van der Waals surface area contributed by atoms with Gasteiger partial charge >= 0.3 is 58.2 Å². The van der Waals surface area contributed by atoms with Crippen LogP contribution in [0.5, 0.6) is 0 Å². The van der Waals surface area contributed by atoms with Gasteiger partial charge in [0.2, 0.25) is 0 Å². The van der Waals surface area contributed by atoms with Crippen LogP contribution in [0.1, 0.15) is 13.3 Å². The first-order valence-corrected chi connectivity index (χ1v) is 3.30. The molecule has 1 saturated heterocycles. The van der Waals surface area contributed by atoms with E-state index >= 15 is 0 Å². The summed E-state index contributed by atoms with van der Waals surface area (Å²) in [6.45, 7) is 2.98. The molecule has 1 unspecified atom stereocenters. The summed E-state index contributed by atoms with van der Waals surface area (Å²) < 4.78 is 0. The largest absolute Gasteiger partial charge is 1.00 e. The maximum absolute atomic E-state index is 7.35. The van der Waals surface area contributed by atoms with Crippen LogP contribution in [0.25, 0.3) is 0 Å². The van der Waals surface area contributed by atoms with E-state index in [0.29, 0.717) is 6.04 Å². The molecule has 0 spiro atoms. The molecule has 1 aliphatic heterocycles. The van der Waals surface area contributed by atoms with E-state index in [9.17, 15) is 0 Å². The molecular weight excluding hydrogens is 198 g/mol. The molecule has 1 aliphatic rings. The fraction of sp³-hybridized carbons (Fsp3) is 0.714. The van der Waals surface area contributed by atoms with E-state index in [2.05, 4.69) is 18.4 Å². The number of nitrogens with zero attached hydrogens (tertiary/aromatic N) is 1. The topological polar surface area (TPSA) is 27.1 Å². The van der Waals surface area contributed by atoms with Crippen molar-refractivity contribution in [3.8, 4) is 0 Å². The van der Waals surface area contributed by atoms with E-state index < -0.39 is 0 Å². The zero-order chi connectivity index (χ0) is 6.85. The van der Waals surface area contributed by atoms with Gasteiger partial charge in [-0.15, -0.1) is 0 Å². The van der Waals surface area contributed by atoms with Gasteiger partial charge in [0.25, 0.3) is 0 Å². The molecule has 0 aromatic heterocycles. The van der Waals surface area contributed by atoms with Crippen molar-refractivity contribution in [2.75, 3.05) is 13.6 Å². The van der Waals surface area contributed by atoms with Gasteiger partial charge in [-0.05, 0) is 26.2 Å². The van der Waals surface area contributed by atoms with E-state index in [1.165, 1.54) is 0 Å². The number of hydrogen-bond acceptors (Lipinski definition) is 2. The predicted octanol–water partition coefficient (Wildman–Crippen LogP) is -2.06. The predicted molar refractivity (Wildman–Crippen MR) is 38.7 cm³/mol. The smallest absolute Gasteiger partial charge is 0.330 e. The normalized spacial score (nSPS) is 26.0. The van der Waals surface area contributed by atoms with Crippen LogP contribution in [0.4, 0.5) is 0 Å². The van der Waals surface area contributed by atoms with E-state index in [1.807, 2.05) is 6.92 Å². The van der Waals surface area contributed by atoms with Gasteiger partial charge in [-0.2, -0.15) is 6.42 Å². The summed E-state index contributed by atoms with van der Waals surface area (Å²) in [5.74, 6) is 0. The van der Waals surface area contributed by atoms with Crippen molar-refractivity contribution in [3.05, 3.63) is 6.42 Å². The third kappa shape index (κ3) is 2.82. The first kappa shape index (κ1) is 11.4. The summed E-state index contributed by atoms with van der Waals surface area (Å²) in [7, 11) is 2.06. The SMILES string of the molecule is CC(=N)C1[CH-]CCN1C.[Rb+]. The van der Waals surface area contributed by atoms with Crippen LogP contribution < -0.4 is 58.2 Å². The van der Waals surface area contributed by atoms with Crippen molar-refractivity contribution >= 4 is 5.71 Å². The third-order valence-corrected chi connectivity index (χ3v) is 1.79. The van der Waals surface area contributed by atoms with E-state index in [4.69, 9.17) is 5.41 Å². The van der Waals surface area contributed by atoms with E-state index in [0.717, 1.165) is 18.7 Å². The van der Waals surface area contributed by atoms with Crippen LogP contribution in [0.15, 0.2) is 0 Å². The van der Waals surface area contributed by atoms with Gasteiger partial charge < -0.3 is 16.7 Å². The minimum atomic E-state index is 0. The van der Waals surface area contributed by atoms with Gasteiger partial charge in [-0.3, -0.25) is 0 Å². The second-order valence-electron chi connectivity index (χ2n) is 2.63. The van der Waals surface area contributed by atoms with Crippen LogP contribution in [-0.4, -0.2) is 30.2 Å². The van der Waals surface area contributed by atoms with Crippen LogP contribution in [-0.2, 0) is 0 Å². The minimum absolute atomic E-state index is 0. The molecule has 1 fully saturated rings. The molecule has 2 nitrogen and oxygen atoms in total. The standard InChI is InChI=1S/C7H13N2.Rb/c1-6(8)7-4-3-5-9(7)2;/h4,7-8H,3,5H2,1-2H3;/q-1;+1. The second kappa shape index (κ2) is 5.15. The zero-order valence-electron chi connectivity index (χ0n) is 7.02. The average Bonchev–Trinajstić information content (AvgIpc) is 2.13. The molecule has 0 saturated carbocycles. The molecule has 0 aliphatic carbocycles. The molecule has 10 heavy (non-hydrogen) atoms. The van der Waals surface area contributed by atoms with Gasteiger partial charge in [0.15, 0.2) is 0 Å². The van der Waals surface area contributed by atoms with Gasteiger partial charge in [0, 0.05) is 0 Å². The Morgan fingerprint density at radius 1 is 1.70 bits per heavy atom. The summed E-state index contributed by atoms with van der Waals surface area (Å²) in [5, 5.41) is 7.35. The van der Waals surface area contributed by atoms with Gasteiger partial charge in [0.05, 0.1) is 0 Å². The van der Waals surface area contributed by atoms with Crippen LogP contribution >= 0.6 is 0 Å². The van der Waals surface area contributed by atoms with Crippen molar-refractivity contribution < 1.29 is 58.2 Å². The molecule has 0 radical (unpaired) electrons. The second-order valence-corrected chi connectivity index (χ2v) is 2.63. The monoisotopic (exact) mass is 210 g/mol. The molecule has 1 heterocycles. The molecule has 0 aromatic rings. The van der Waals surface area contributed by atoms with Gasteiger partial charge in [-0.25, -0.2) is 0 Å². The molecule has 1 N–H and O–H groups in total. The van der Waals surface area contributed by atoms with Crippen molar-refractivity contribution in [1.82, 2.24) is 4.90 Å². The fourth-order valence-corrected chi connectivity index (χ4v) is 1.26. The Balaban J connectivity index is 0.000000810. The Bertz CT molecular complexity index is 125. The van der Waals surface area contributed by atoms with Crippen molar-refractivity contribution in [3.63, 3.8) is 0 Å². The van der Waals surface area contributed by atoms with Crippen molar-refractivity contribution in [1.29, 1.82) is 5.41 Å². The van der Waals surface area contributed by atoms with E-state index in [-0.39, 0.29) is 58.2 Å². The molecule has 1 rings (SSSR count). The molecule has 52 valence electrons. The Hall–Kier alpha value is 1.44. The summed E-state index contributed by atoms with van der Waals surface area (Å²) in [4.78, 5) is 2.20. The van der Waals surface area contributed by atoms with Crippen LogP contribution in [0, 0.1) is 11.8 Å². The van der Waals surface area contributed by atoms with E-state index in [1.54, 1.807) is 0 Å². The van der Waals surface area contributed by atoms with Gasteiger partial charge in [0.1, 0.15) is 0 Å². The molecule has 0 aromatic carbocycles. The Morgan fingerprint density at radius 2 is 2.30 bits per heavy atom. The molecular formula is C7H13N2Rb. The Morgan fingerprint density at radius 3 is 2.50 bits per heavy atom. The first-order valence-electron chi connectivity index (χ1n) is 3.30. The Labute approximate surface area is 112 Å². The summed E-state index contributed by atoms with van der Waals surface area (Å²) in [6.07, 6.45) is 3.33. The quantitative estimate of drug-likeness (QED) is 0.391. The molecule has 0 bridgehead atoms. The van der Waals surface area contributed by atoms with Crippen LogP contribution in [0.2, 0.25) is 0 Å². The molecule has 1 atom stereocenters. The molecule has 0 amide bonds. The summed E-state index contributed by atoms with van der Waals surface area (Å²) in [5.41, 5.74) is 0.759. The van der Waals surface area contributed by atoms with Gasteiger partial charge in [-0.1, -0.05) is 6.04 Å². The summed E-state index contributed by atoms with van der Waals surface area (Å²) in [6, 6.07) is 0.324. The molecule has 3 heteroatoms. The number of likely N-dealkylation sites (tertiary alicyclic amines) is 1. The number of nitrogens with one attached hydrogen (secondary N) is 1. The van der Waals surface area contributed by atoms with Crippen LogP contribution in [0.3, 0.4) is 0 Å². The minimum Gasteiger partial charge on any atom is -0.330 e. The maximum atomic E-state index is 7.35. The zero-order valence-corrected chi connectivity index (χ0v) is 11.9. The Kier molecular flexibility index (Phi) is 5.89. The summed E-state index contributed by atoms with van der Waals surface area (Å²) >= 11 is 0. The number of hydrogen-bond donors (Lipinski definition) is 1. The van der Waals surface area contributed by atoms with Crippen molar-refractivity contribution in [2.45, 2.75) is 19.4 Å². The third-order valence-electron chi connectivity index (χ3n) is 1.79. The fourth-order valence-electron chi connectivity index (χ4n) is 1.26. The maximum Gasteiger partial charge on any atom is 1.00 e. The van der Waals surface area contributed by atoms with Crippen molar-refractivity contribution in [2.24, 2.45) is 0 Å².